The molecule has 1 N–H and O–H groups in total. The molecule has 0 saturated heterocycles. The Morgan fingerprint density at radius 2 is 2.05 bits per heavy atom. The predicted molar refractivity (Wildman–Crippen MR) is 72.1 cm³/mol. The van der Waals surface area contributed by atoms with Crippen LogP contribution in [0, 0.1) is 6.92 Å². The summed E-state index contributed by atoms with van der Waals surface area (Å²) in [6.45, 7) is 2.51. The summed E-state index contributed by atoms with van der Waals surface area (Å²) in [7, 11) is 3.25. The molecule has 5 heteroatoms. The molecule has 0 unspecified atom stereocenters. The number of carbonyl (C=O) groups is 1. The van der Waals surface area contributed by atoms with Gasteiger partial charge in [0.05, 0.1) is 7.11 Å². The largest absolute Gasteiger partial charge is 0.479 e. The molecule has 0 spiro atoms. The molecule has 0 fully saturated rings. The first-order chi connectivity index (χ1) is 9.10. The highest BCUT2D eigenvalue weighted by Gasteiger charge is 2.15. The van der Waals surface area contributed by atoms with Crippen LogP contribution in [0.3, 0.4) is 0 Å². The second kappa shape index (κ2) is 5.56. The second-order valence-corrected chi connectivity index (χ2v) is 4.39. The predicted octanol–water partition coefficient (Wildman–Crippen LogP) is 1.67. The number of carbonyl (C=O) groups excluding carboxylic acids is 1. The van der Waals surface area contributed by atoms with E-state index >= 15 is 0 Å². The van der Waals surface area contributed by atoms with Crippen molar-refractivity contribution in [3.8, 4) is 5.88 Å². The maximum atomic E-state index is 12.0. The van der Waals surface area contributed by atoms with Crippen LogP contribution in [0.1, 0.15) is 21.5 Å². The lowest BCUT2D eigenvalue weighted by Crippen LogP contribution is -2.22. The molecule has 1 aromatic carbocycles. The molecule has 19 heavy (non-hydrogen) atoms. The molecule has 1 aromatic heterocycles. The molecule has 1 amide bonds. The van der Waals surface area contributed by atoms with Crippen molar-refractivity contribution >= 4 is 5.91 Å². The van der Waals surface area contributed by atoms with Crippen LogP contribution in [0.25, 0.3) is 0 Å². The van der Waals surface area contributed by atoms with Crippen molar-refractivity contribution in [3.05, 3.63) is 47.2 Å². The maximum absolute atomic E-state index is 12.0. The fourth-order valence-electron chi connectivity index (χ4n) is 1.76. The van der Waals surface area contributed by atoms with E-state index < -0.39 is 0 Å². The number of hydrogen-bond donors (Lipinski definition) is 1. The lowest BCUT2D eigenvalue weighted by Gasteiger charge is -2.05. The van der Waals surface area contributed by atoms with Gasteiger partial charge in [-0.15, -0.1) is 5.10 Å². The molecule has 0 saturated carbocycles. The molecule has 0 aliphatic rings. The zero-order valence-electron chi connectivity index (χ0n) is 11.3. The van der Waals surface area contributed by atoms with Gasteiger partial charge in [0, 0.05) is 19.8 Å². The lowest BCUT2D eigenvalue weighted by molar-refractivity contribution is 0.0948. The molecule has 0 atom stereocenters. The SMILES string of the molecule is COc1nn(C)cc1C(=O)NCc1ccc(C)cc1. The fourth-order valence-corrected chi connectivity index (χ4v) is 1.76. The highest BCUT2D eigenvalue weighted by atomic mass is 16.5. The van der Waals surface area contributed by atoms with Crippen LogP contribution in [0.2, 0.25) is 0 Å². The van der Waals surface area contributed by atoms with Crippen molar-refractivity contribution in [1.29, 1.82) is 0 Å². The third-order valence-corrected chi connectivity index (χ3v) is 2.81. The quantitative estimate of drug-likeness (QED) is 0.908. The molecule has 0 aliphatic carbocycles. The van der Waals surface area contributed by atoms with Crippen LogP contribution in [-0.2, 0) is 13.6 Å². The van der Waals surface area contributed by atoms with Gasteiger partial charge in [-0.2, -0.15) is 0 Å². The molecule has 100 valence electrons. The van der Waals surface area contributed by atoms with Gasteiger partial charge in [-0.25, -0.2) is 0 Å². The van der Waals surface area contributed by atoms with Gasteiger partial charge in [-0.1, -0.05) is 29.8 Å². The number of benzene rings is 1. The van der Waals surface area contributed by atoms with Crippen LogP contribution in [-0.4, -0.2) is 22.8 Å². The molecule has 0 radical (unpaired) electrons. The van der Waals surface area contributed by atoms with Gasteiger partial charge < -0.3 is 10.1 Å². The first-order valence-corrected chi connectivity index (χ1v) is 6.01. The molecular formula is C14H17N3O2. The van der Waals surface area contributed by atoms with Gasteiger partial charge >= 0.3 is 0 Å². The third-order valence-electron chi connectivity index (χ3n) is 2.81. The van der Waals surface area contributed by atoms with Gasteiger partial charge in [0.25, 0.3) is 5.91 Å². The van der Waals surface area contributed by atoms with E-state index in [0.717, 1.165) is 5.56 Å². The zero-order valence-corrected chi connectivity index (χ0v) is 11.3. The van der Waals surface area contributed by atoms with E-state index in [2.05, 4.69) is 10.4 Å². The van der Waals surface area contributed by atoms with Gasteiger partial charge in [-0.05, 0) is 12.5 Å². The van der Waals surface area contributed by atoms with Gasteiger partial charge in [-0.3, -0.25) is 9.48 Å². The van der Waals surface area contributed by atoms with E-state index in [1.54, 1.807) is 17.9 Å². The smallest absolute Gasteiger partial charge is 0.258 e. The number of hydrogen-bond acceptors (Lipinski definition) is 3. The number of amides is 1. The summed E-state index contributed by atoms with van der Waals surface area (Å²) >= 11 is 0. The summed E-state index contributed by atoms with van der Waals surface area (Å²) in [4.78, 5) is 12.0. The second-order valence-electron chi connectivity index (χ2n) is 4.39. The number of ether oxygens (including phenoxy) is 1. The average molecular weight is 259 g/mol. The number of nitrogens with one attached hydrogen (secondary N) is 1. The van der Waals surface area contributed by atoms with E-state index in [-0.39, 0.29) is 5.91 Å². The van der Waals surface area contributed by atoms with Crippen molar-refractivity contribution in [1.82, 2.24) is 15.1 Å². The van der Waals surface area contributed by atoms with Crippen molar-refractivity contribution in [2.24, 2.45) is 7.05 Å². The Labute approximate surface area is 112 Å². The van der Waals surface area contributed by atoms with E-state index in [4.69, 9.17) is 4.74 Å². The molecular weight excluding hydrogens is 242 g/mol. The first kappa shape index (κ1) is 13.1. The Morgan fingerprint density at radius 3 is 2.68 bits per heavy atom. The molecule has 1 heterocycles. The van der Waals surface area contributed by atoms with E-state index in [0.29, 0.717) is 18.0 Å². The van der Waals surface area contributed by atoms with Crippen LogP contribution in [0.15, 0.2) is 30.5 Å². The zero-order chi connectivity index (χ0) is 13.8. The highest BCUT2D eigenvalue weighted by Crippen LogP contribution is 2.14. The number of aryl methyl sites for hydroxylation is 2. The van der Waals surface area contributed by atoms with Gasteiger partial charge in [0.2, 0.25) is 5.88 Å². The summed E-state index contributed by atoms with van der Waals surface area (Å²) in [6, 6.07) is 8.03. The molecule has 2 aromatic rings. The number of methoxy groups -OCH3 is 1. The lowest BCUT2D eigenvalue weighted by atomic mass is 10.1. The molecule has 0 aliphatic heterocycles. The maximum Gasteiger partial charge on any atom is 0.258 e. The summed E-state index contributed by atoms with van der Waals surface area (Å²) in [5, 5.41) is 6.90. The minimum Gasteiger partial charge on any atom is -0.479 e. The minimum atomic E-state index is -0.189. The van der Waals surface area contributed by atoms with Gasteiger partial charge in [0.1, 0.15) is 5.56 Å². The summed E-state index contributed by atoms with van der Waals surface area (Å²) in [5.74, 6) is 0.148. The Hall–Kier alpha value is -2.30. The third kappa shape index (κ3) is 3.13. The van der Waals surface area contributed by atoms with Gasteiger partial charge in [0.15, 0.2) is 0 Å². The van der Waals surface area contributed by atoms with Crippen molar-refractivity contribution in [2.75, 3.05) is 7.11 Å². The Morgan fingerprint density at radius 1 is 1.37 bits per heavy atom. The van der Waals surface area contributed by atoms with Crippen LogP contribution in [0.5, 0.6) is 5.88 Å². The van der Waals surface area contributed by atoms with E-state index in [1.807, 2.05) is 31.2 Å². The van der Waals surface area contributed by atoms with E-state index in [1.165, 1.54) is 12.7 Å². The Kier molecular flexibility index (Phi) is 3.85. The Balaban J connectivity index is 2.03. The Bertz CT molecular complexity index is 573. The number of rotatable bonds is 4. The summed E-state index contributed by atoms with van der Waals surface area (Å²) in [6.07, 6.45) is 1.64. The van der Waals surface area contributed by atoms with Crippen molar-refractivity contribution < 1.29 is 9.53 Å². The topological polar surface area (TPSA) is 56.2 Å². The standard InChI is InChI=1S/C14H17N3O2/c1-10-4-6-11(7-5-10)8-15-13(18)12-9-17(2)16-14(12)19-3/h4-7,9H,8H2,1-3H3,(H,15,18). The molecule has 5 nitrogen and oxygen atoms in total. The minimum absolute atomic E-state index is 0.189. The summed E-state index contributed by atoms with van der Waals surface area (Å²) in [5.41, 5.74) is 2.70. The average Bonchev–Trinajstić information content (AvgIpc) is 2.79. The normalized spacial score (nSPS) is 10.3. The fraction of sp³-hybridized carbons (Fsp3) is 0.286. The first-order valence-electron chi connectivity index (χ1n) is 6.01. The van der Waals surface area contributed by atoms with E-state index in [9.17, 15) is 4.79 Å². The highest BCUT2D eigenvalue weighted by molar-refractivity contribution is 5.96. The van der Waals surface area contributed by atoms with Crippen LogP contribution in [0.4, 0.5) is 0 Å². The summed E-state index contributed by atoms with van der Waals surface area (Å²) < 4.78 is 6.62. The molecule has 0 bridgehead atoms. The molecule has 2 rings (SSSR count). The number of nitrogens with zero attached hydrogens (tertiary/aromatic N) is 2. The monoisotopic (exact) mass is 259 g/mol. The van der Waals surface area contributed by atoms with Crippen molar-refractivity contribution in [3.63, 3.8) is 0 Å². The number of aromatic nitrogens is 2. The van der Waals surface area contributed by atoms with Crippen molar-refractivity contribution in [2.45, 2.75) is 13.5 Å². The van der Waals surface area contributed by atoms with Crippen LogP contribution >= 0.6 is 0 Å². The van der Waals surface area contributed by atoms with Crippen LogP contribution < -0.4 is 10.1 Å².